The summed E-state index contributed by atoms with van der Waals surface area (Å²) in [5, 5.41) is 9.14. The maximum atomic E-state index is 9.14. The highest BCUT2D eigenvalue weighted by atomic mass is 16.5. The first-order valence-corrected chi connectivity index (χ1v) is 6.70. The van der Waals surface area contributed by atoms with E-state index in [2.05, 4.69) is 19.1 Å². The van der Waals surface area contributed by atoms with Crippen molar-refractivity contribution in [3.63, 3.8) is 0 Å². The fourth-order valence-electron chi connectivity index (χ4n) is 2.06. The van der Waals surface area contributed by atoms with Crippen LogP contribution < -0.4 is 4.74 Å². The smallest absolute Gasteiger partial charge is 0.127 e. The van der Waals surface area contributed by atoms with Crippen LogP contribution in [0.15, 0.2) is 42.5 Å². The minimum absolute atomic E-state index is 0.0673. The van der Waals surface area contributed by atoms with Gasteiger partial charge in [0.25, 0.3) is 0 Å². The Kier molecular flexibility index (Phi) is 4.58. The summed E-state index contributed by atoms with van der Waals surface area (Å²) >= 11 is 0. The van der Waals surface area contributed by atoms with Crippen LogP contribution >= 0.6 is 0 Å². The minimum Gasteiger partial charge on any atom is -0.457 e. The molecule has 0 radical (unpaired) electrons. The van der Waals surface area contributed by atoms with Crippen molar-refractivity contribution in [2.24, 2.45) is 0 Å². The summed E-state index contributed by atoms with van der Waals surface area (Å²) < 4.78 is 5.81. The average molecular weight is 256 g/mol. The van der Waals surface area contributed by atoms with Crippen LogP contribution in [-0.4, -0.2) is 5.11 Å². The summed E-state index contributed by atoms with van der Waals surface area (Å²) in [5.41, 5.74) is 3.31. The molecular formula is C17H20O2. The third kappa shape index (κ3) is 3.58. The molecule has 0 amide bonds. The van der Waals surface area contributed by atoms with Gasteiger partial charge >= 0.3 is 0 Å². The van der Waals surface area contributed by atoms with E-state index in [0.717, 1.165) is 35.5 Å². The molecule has 0 bridgehead atoms. The maximum absolute atomic E-state index is 9.14. The second-order valence-electron chi connectivity index (χ2n) is 4.74. The Labute approximate surface area is 114 Å². The molecule has 100 valence electrons. The fourth-order valence-corrected chi connectivity index (χ4v) is 2.06. The van der Waals surface area contributed by atoms with Crippen LogP contribution in [0.2, 0.25) is 0 Å². The summed E-state index contributed by atoms with van der Waals surface area (Å²) in [6.45, 7) is 4.22. The van der Waals surface area contributed by atoms with Crippen LogP contribution in [0.25, 0.3) is 0 Å². The Balaban J connectivity index is 2.10. The van der Waals surface area contributed by atoms with Gasteiger partial charge in [-0.2, -0.15) is 0 Å². The predicted molar refractivity (Wildman–Crippen MR) is 77.6 cm³/mol. The number of benzene rings is 2. The number of aliphatic hydroxyl groups is 1. The molecule has 0 saturated heterocycles. The van der Waals surface area contributed by atoms with Crippen molar-refractivity contribution in [1.82, 2.24) is 0 Å². The van der Waals surface area contributed by atoms with E-state index in [0.29, 0.717) is 0 Å². The Morgan fingerprint density at radius 1 is 1.00 bits per heavy atom. The van der Waals surface area contributed by atoms with Gasteiger partial charge in [0.2, 0.25) is 0 Å². The van der Waals surface area contributed by atoms with Crippen LogP contribution in [0.4, 0.5) is 0 Å². The monoisotopic (exact) mass is 256 g/mol. The lowest BCUT2D eigenvalue weighted by molar-refractivity contribution is 0.281. The van der Waals surface area contributed by atoms with Gasteiger partial charge in [-0.25, -0.2) is 0 Å². The number of hydrogen-bond donors (Lipinski definition) is 1. The summed E-state index contributed by atoms with van der Waals surface area (Å²) in [6.07, 6.45) is 2.26. The Bertz CT molecular complexity index is 529. The molecule has 2 nitrogen and oxygen atoms in total. The lowest BCUT2D eigenvalue weighted by Gasteiger charge is -2.09. The van der Waals surface area contributed by atoms with Gasteiger partial charge in [0.1, 0.15) is 11.5 Å². The van der Waals surface area contributed by atoms with Gasteiger partial charge in [-0.3, -0.25) is 0 Å². The summed E-state index contributed by atoms with van der Waals surface area (Å²) in [7, 11) is 0. The van der Waals surface area contributed by atoms with Crippen molar-refractivity contribution in [3.8, 4) is 11.5 Å². The van der Waals surface area contributed by atoms with Crippen LogP contribution in [0.1, 0.15) is 30.0 Å². The van der Waals surface area contributed by atoms with Gasteiger partial charge in [-0.05, 0) is 54.3 Å². The minimum atomic E-state index is 0.0673. The van der Waals surface area contributed by atoms with E-state index in [1.165, 1.54) is 5.56 Å². The van der Waals surface area contributed by atoms with Crippen LogP contribution in [-0.2, 0) is 13.0 Å². The number of ether oxygens (including phenoxy) is 1. The molecular weight excluding hydrogens is 236 g/mol. The lowest BCUT2D eigenvalue weighted by Crippen LogP contribution is -1.91. The fraction of sp³-hybridized carbons (Fsp3) is 0.294. The predicted octanol–water partition coefficient (Wildman–Crippen LogP) is 4.23. The molecule has 0 aliphatic rings. The van der Waals surface area contributed by atoms with Crippen molar-refractivity contribution < 1.29 is 9.84 Å². The molecule has 1 N–H and O–H groups in total. The van der Waals surface area contributed by atoms with E-state index in [-0.39, 0.29) is 6.61 Å². The molecule has 2 rings (SSSR count). The van der Waals surface area contributed by atoms with Gasteiger partial charge in [-0.1, -0.05) is 31.5 Å². The highest BCUT2D eigenvalue weighted by Gasteiger charge is 2.01. The molecule has 2 aromatic carbocycles. The Morgan fingerprint density at radius 3 is 2.26 bits per heavy atom. The van der Waals surface area contributed by atoms with E-state index < -0.39 is 0 Å². The molecule has 0 aliphatic heterocycles. The van der Waals surface area contributed by atoms with Gasteiger partial charge in [0, 0.05) is 0 Å². The van der Waals surface area contributed by atoms with Gasteiger partial charge in [-0.15, -0.1) is 0 Å². The number of hydrogen-bond acceptors (Lipinski definition) is 2. The van der Waals surface area contributed by atoms with Crippen molar-refractivity contribution in [1.29, 1.82) is 0 Å². The van der Waals surface area contributed by atoms with Crippen molar-refractivity contribution >= 4 is 0 Å². The second kappa shape index (κ2) is 6.39. The Morgan fingerprint density at radius 2 is 1.68 bits per heavy atom. The molecule has 0 spiro atoms. The lowest BCUT2D eigenvalue weighted by atomic mass is 10.1. The second-order valence-corrected chi connectivity index (χ2v) is 4.74. The molecule has 0 aromatic heterocycles. The SMILES string of the molecule is CCCc1ccc(Oc2ccc(CO)c(C)c2)cc1. The molecule has 0 saturated carbocycles. The Hall–Kier alpha value is -1.80. The van der Waals surface area contributed by atoms with Crippen molar-refractivity contribution in [2.45, 2.75) is 33.3 Å². The van der Waals surface area contributed by atoms with Crippen molar-refractivity contribution in [3.05, 3.63) is 59.2 Å². The highest BCUT2D eigenvalue weighted by Crippen LogP contribution is 2.24. The largest absolute Gasteiger partial charge is 0.457 e. The first-order chi connectivity index (χ1) is 9.22. The number of aryl methyl sites for hydroxylation is 2. The number of aliphatic hydroxyl groups excluding tert-OH is 1. The molecule has 0 aliphatic carbocycles. The summed E-state index contributed by atoms with van der Waals surface area (Å²) in [4.78, 5) is 0. The van der Waals surface area contributed by atoms with E-state index in [4.69, 9.17) is 9.84 Å². The third-order valence-corrected chi connectivity index (χ3v) is 3.18. The average Bonchev–Trinajstić information content (AvgIpc) is 2.42. The molecule has 0 atom stereocenters. The zero-order chi connectivity index (χ0) is 13.7. The van der Waals surface area contributed by atoms with E-state index >= 15 is 0 Å². The third-order valence-electron chi connectivity index (χ3n) is 3.18. The van der Waals surface area contributed by atoms with Crippen molar-refractivity contribution in [2.75, 3.05) is 0 Å². The van der Waals surface area contributed by atoms with Crippen LogP contribution in [0.5, 0.6) is 11.5 Å². The first kappa shape index (κ1) is 13.6. The van der Waals surface area contributed by atoms with Gasteiger partial charge < -0.3 is 9.84 Å². The molecule has 2 aromatic rings. The van der Waals surface area contributed by atoms with Gasteiger partial charge in [0.05, 0.1) is 6.61 Å². The normalized spacial score (nSPS) is 10.5. The van der Waals surface area contributed by atoms with Gasteiger partial charge in [0.15, 0.2) is 0 Å². The van der Waals surface area contributed by atoms with E-state index in [1.54, 1.807) is 0 Å². The molecule has 2 heteroatoms. The summed E-state index contributed by atoms with van der Waals surface area (Å²) in [5.74, 6) is 1.65. The zero-order valence-corrected chi connectivity index (χ0v) is 11.5. The van der Waals surface area contributed by atoms with Crippen LogP contribution in [0.3, 0.4) is 0 Å². The quantitative estimate of drug-likeness (QED) is 0.867. The first-order valence-electron chi connectivity index (χ1n) is 6.70. The molecule has 19 heavy (non-hydrogen) atoms. The van der Waals surface area contributed by atoms with E-state index in [9.17, 15) is 0 Å². The van der Waals surface area contributed by atoms with Crippen LogP contribution in [0, 0.1) is 6.92 Å². The zero-order valence-electron chi connectivity index (χ0n) is 11.5. The molecule has 0 fully saturated rings. The topological polar surface area (TPSA) is 29.5 Å². The van der Waals surface area contributed by atoms with E-state index in [1.807, 2.05) is 37.3 Å². The maximum Gasteiger partial charge on any atom is 0.127 e. The summed E-state index contributed by atoms with van der Waals surface area (Å²) in [6, 6.07) is 13.9. The number of rotatable bonds is 5. The molecule has 0 unspecified atom stereocenters. The molecule has 0 heterocycles. The standard InChI is InChI=1S/C17H20O2/c1-3-4-14-5-8-16(9-6-14)19-17-10-7-15(12-18)13(2)11-17/h5-11,18H,3-4,12H2,1-2H3. The highest BCUT2D eigenvalue weighted by molar-refractivity contribution is 5.38.